The number of benzene rings is 2. The Morgan fingerprint density at radius 2 is 1.95 bits per heavy atom. The van der Waals surface area contributed by atoms with E-state index in [0.717, 1.165) is 0 Å². The lowest BCUT2D eigenvalue weighted by molar-refractivity contribution is 0.0825. The van der Waals surface area contributed by atoms with Crippen molar-refractivity contribution in [3.8, 4) is 11.5 Å². The number of ether oxygens (including phenoxy) is 1. The fourth-order valence-electron chi connectivity index (χ4n) is 1.70. The molecule has 2 N–H and O–H groups in total. The minimum absolute atomic E-state index is 0.151. The fourth-order valence-corrected chi connectivity index (χ4v) is 1.88. The van der Waals surface area contributed by atoms with Crippen molar-refractivity contribution in [3.05, 3.63) is 53.1 Å². The molecule has 2 aromatic carbocycles. The van der Waals surface area contributed by atoms with Crippen LogP contribution in [0.25, 0.3) is 0 Å². The van der Waals surface area contributed by atoms with Crippen LogP contribution in [0.5, 0.6) is 11.5 Å². The van der Waals surface area contributed by atoms with Crippen LogP contribution in [0.1, 0.15) is 10.4 Å². The summed E-state index contributed by atoms with van der Waals surface area (Å²) >= 11 is 5.92. The Bertz CT molecular complexity index is 642. The van der Waals surface area contributed by atoms with Crippen LogP contribution in [0.4, 0.5) is 5.69 Å². The second kappa shape index (κ2) is 5.84. The van der Waals surface area contributed by atoms with E-state index in [-0.39, 0.29) is 5.91 Å². The summed E-state index contributed by atoms with van der Waals surface area (Å²) in [6, 6.07) is 11.9. The molecule has 4 nitrogen and oxygen atoms in total. The number of amides is 1. The number of carbonyl (C=O) groups is 1. The van der Waals surface area contributed by atoms with E-state index in [2.05, 4.69) is 0 Å². The van der Waals surface area contributed by atoms with E-state index in [1.165, 1.54) is 4.90 Å². The van der Waals surface area contributed by atoms with Crippen LogP contribution in [0.15, 0.2) is 42.5 Å². The maximum atomic E-state index is 12.1. The minimum atomic E-state index is -0.151. The Morgan fingerprint density at radius 1 is 1.20 bits per heavy atom. The van der Waals surface area contributed by atoms with Gasteiger partial charge in [-0.15, -0.1) is 0 Å². The molecule has 0 aliphatic rings. The van der Waals surface area contributed by atoms with Gasteiger partial charge in [0.2, 0.25) is 0 Å². The molecule has 0 bridgehead atoms. The molecule has 0 radical (unpaired) electrons. The van der Waals surface area contributed by atoms with Crippen LogP contribution in [-0.4, -0.2) is 24.9 Å². The number of nitrogens with two attached hydrogens (primary N) is 1. The van der Waals surface area contributed by atoms with Crippen molar-refractivity contribution in [2.24, 2.45) is 0 Å². The molecule has 0 saturated carbocycles. The van der Waals surface area contributed by atoms with Crippen LogP contribution in [0, 0.1) is 0 Å². The number of hydrogen-bond acceptors (Lipinski definition) is 3. The highest BCUT2D eigenvalue weighted by Gasteiger charge is 2.15. The van der Waals surface area contributed by atoms with E-state index in [9.17, 15) is 4.79 Å². The molecule has 2 rings (SSSR count). The molecule has 0 spiro atoms. The standard InChI is InChI=1S/C15H15ClN2O2/c1-18(2)15(19)13-7-6-11(17)9-14(13)20-12-5-3-4-10(16)8-12/h3-9H,17H2,1-2H3. The number of anilines is 1. The molecule has 1 amide bonds. The van der Waals surface area contributed by atoms with Crippen LogP contribution < -0.4 is 10.5 Å². The predicted octanol–water partition coefficient (Wildman–Crippen LogP) is 3.42. The highest BCUT2D eigenvalue weighted by atomic mass is 35.5. The molecule has 0 aliphatic carbocycles. The summed E-state index contributed by atoms with van der Waals surface area (Å²) < 4.78 is 5.73. The number of carbonyl (C=O) groups excluding carboxylic acids is 1. The Labute approximate surface area is 122 Å². The van der Waals surface area contributed by atoms with Gasteiger partial charge in [-0.2, -0.15) is 0 Å². The van der Waals surface area contributed by atoms with Gasteiger partial charge in [0, 0.05) is 30.9 Å². The first-order chi connectivity index (χ1) is 9.47. The lowest BCUT2D eigenvalue weighted by Crippen LogP contribution is -2.22. The van der Waals surface area contributed by atoms with Gasteiger partial charge in [-0.3, -0.25) is 4.79 Å². The summed E-state index contributed by atoms with van der Waals surface area (Å²) in [5.41, 5.74) is 6.73. The van der Waals surface area contributed by atoms with Crippen molar-refractivity contribution in [3.63, 3.8) is 0 Å². The van der Waals surface area contributed by atoms with Gasteiger partial charge < -0.3 is 15.4 Å². The third-order valence-electron chi connectivity index (χ3n) is 2.67. The number of halogens is 1. The minimum Gasteiger partial charge on any atom is -0.456 e. The molecule has 0 fully saturated rings. The normalized spacial score (nSPS) is 10.2. The quantitative estimate of drug-likeness (QED) is 0.881. The number of rotatable bonds is 3. The van der Waals surface area contributed by atoms with Gasteiger partial charge in [-0.1, -0.05) is 17.7 Å². The third-order valence-corrected chi connectivity index (χ3v) is 2.90. The Morgan fingerprint density at radius 3 is 2.60 bits per heavy atom. The van der Waals surface area contributed by atoms with E-state index >= 15 is 0 Å². The molecule has 2 aromatic rings. The fraction of sp³-hybridized carbons (Fsp3) is 0.133. The highest BCUT2D eigenvalue weighted by molar-refractivity contribution is 6.30. The van der Waals surface area contributed by atoms with E-state index in [1.54, 1.807) is 56.6 Å². The predicted molar refractivity (Wildman–Crippen MR) is 80.4 cm³/mol. The zero-order chi connectivity index (χ0) is 14.7. The van der Waals surface area contributed by atoms with Crippen LogP contribution in [-0.2, 0) is 0 Å². The van der Waals surface area contributed by atoms with Gasteiger partial charge in [0.1, 0.15) is 11.5 Å². The van der Waals surface area contributed by atoms with Gasteiger partial charge in [0.25, 0.3) is 5.91 Å². The van der Waals surface area contributed by atoms with Gasteiger partial charge >= 0.3 is 0 Å². The van der Waals surface area contributed by atoms with Crippen molar-refractivity contribution in [2.45, 2.75) is 0 Å². The second-order valence-corrected chi connectivity index (χ2v) is 4.95. The first kappa shape index (κ1) is 14.2. The monoisotopic (exact) mass is 290 g/mol. The molecule has 0 unspecified atom stereocenters. The molecular weight excluding hydrogens is 276 g/mol. The maximum Gasteiger partial charge on any atom is 0.257 e. The maximum absolute atomic E-state index is 12.1. The summed E-state index contributed by atoms with van der Waals surface area (Å²) in [7, 11) is 3.36. The van der Waals surface area contributed by atoms with Crippen molar-refractivity contribution in [1.29, 1.82) is 0 Å². The molecule has 0 saturated heterocycles. The summed E-state index contributed by atoms with van der Waals surface area (Å²) in [5, 5.41) is 0.562. The molecule has 0 heterocycles. The van der Waals surface area contributed by atoms with Crippen molar-refractivity contribution >= 4 is 23.2 Å². The zero-order valence-electron chi connectivity index (χ0n) is 11.3. The number of hydrogen-bond donors (Lipinski definition) is 1. The number of nitrogen functional groups attached to an aromatic ring is 1. The van der Waals surface area contributed by atoms with Crippen molar-refractivity contribution in [2.75, 3.05) is 19.8 Å². The van der Waals surface area contributed by atoms with E-state index in [1.807, 2.05) is 0 Å². The average molecular weight is 291 g/mol. The molecule has 0 aliphatic heterocycles. The van der Waals surface area contributed by atoms with Crippen molar-refractivity contribution < 1.29 is 9.53 Å². The van der Waals surface area contributed by atoms with Gasteiger partial charge in [0.15, 0.2) is 0 Å². The van der Waals surface area contributed by atoms with Gasteiger partial charge in [0.05, 0.1) is 5.56 Å². The SMILES string of the molecule is CN(C)C(=O)c1ccc(N)cc1Oc1cccc(Cl)c1. The van der Waals surface area contributed by atoms with E-state index < -0.39 is 0 Å². The van der Waals surface area contributed by atoms with E-state index in [4.69, 9.17) is 22.1 Å². The Hall–Kier alpha value is -2.20. The molecule has 0 atom stereocenters. The molecule has 0 aromatic heterocycles. The van der Waals surface area contributed by atoms with Crippen LogP contribution >= 0.6 is 11.6 Å². The Kier molecular flexibility index (Phi) is 4.15. The molecular formula is C15H15ClN2O2. The first-order valence-electron chi connectivity index (χ1n) is 6.02. The van der Waals surface area contributed by atoms with Gasteiger partial charge in [-0.05, 0) is 30.3 Å². The Balaban J connectivity index is 2.39. The topological polar surface area (TPSA) is 55.6 Å². The number of nitrogens with zero attached hydrogens (tertiary/aromatic N) is 1. The summed E-state index contributed by atoms with van der Waals surface area (Å²) in [6.45, 7) is 0. The first-order valence-corrected chi connectivity index (χ1v) is 6.40. The second-order valence-electron chi connectivity index (χ2n) is 4.51. The lowest BCUT2D eigenvalue weighted by Gasteiger charge is -2.15. The third kappa shape index (κ3) is 3.22. The summed E-state index contributed by atoms with van der Waals surface area (Å²) in [5.74, 6) is 0.809. The summed E-state index contributed by atoms with van der Waals surface area (Å²) in [4.78, 5) is 13.6. The average Bonchev–Trinajstić information content (AvgIpc) is 2.38. The van der Waals surface area contributed by atoms with Crippen LogP contribution in [0.2, 0.25) is 5.02 Å². The largest absolute Gasteiger partial charge is 0.456 e. The molecule has 5 heteroatoms. The van der Waals surface area contributed by atoms with Gasteiger partial charge in [-0.25, -0.2) is 0 Å². The van der Waals surface area contributed by atoms with Crippen LogP contribution in [0.3, 0.4) is 0 Å². The highest BCUT2D eigenvalue weighted by Crippen LogP contribution is 2.29. The van der Waals surface area contributed by atoms with Crippen molar-refractivity contribution in [1.82, 2.24) is 4.90 Å². The summed E-state index contributed by atoms with van der Waals surface area (Å²) in [6.07, 6.45) is 0. The van der Waals surface area contributed by atoms with E-state index in [0.29, 0.717) is 27.8 Å². The smallest absolute Gasteiger partial charge is 0.257 e. The molecule has 20 heavy (non-hydrogen) atoms. The zero-order valence-corrected chi connectivity index (χ0v) is 12.0. The molecule has 104 valence electrons. The lowest BCUT2D eigenvalue weighted by atomic mass is 10.1.